The second kappa shape index (κ2) is 15.0. The van der Waals surface area contributed by atoms with Crippen LogP contribution in [-0.2, 0) is 21.2 Å². The van der Waals surface area contributed by atoms with Gasteiger partial charge in [0, 0.05) is 24.2 Å². The number of rotatable bonds is 15. The van der Waals surface area contributed by atoms with Gasteiger partial charge in [-0.15, -0.1) is 0 Å². The molecule has 0 radical (unpaired) electrons. The molecule has 0 unspecified atom stereocenters. The molecule has 4 aromatic rings. The molecular weight excluding hydrogens is 554 g/mol. The average molecular weight is 590 g/mol. The molecule has 0 aliphatic carbocycles. The fraction of sp³-hybridized carbons (Fsp3) is 0.233. The van der Waals surface area contributed by atoms with Gasteiger partial charge in [-0.2, -0.15) is 15.1 Å². The molecule has 220 valence electrons. The molecule has 11 nitrogen and oxygen atoms in total. The summed E-state index contributed by atoms with van der Waals surface area (Å²) in [7, 11) is -2.16. The van der Waals surface area contributed by atoms with Crippen molar-refractivity contribution in [3.63, 3.8) is 0 Å². The fourth-order valence-corrected chi connectivity index (χ4v) is 4.73. The SMILES string of the molecule is CNS(=O)(=O)c1ccc(C(C)=NNc2nc(Nc3ccccc3)nc(NCCOCCO)c2Cc2ccccc2)cc1. The second-order valence-corrected chi connectivity index (χ2v) is 11.1. The maximum atomic E-state index is 12.1. The Morgan fingerprint density at radius 2 is 1.57 bits per heavy atom. The van der Waals surface area contributed by atoms with Gasteiger partial charge in [-0.05, 0) is 49.4 Å². The Balaban J connectivity index is 1.69. The Labute approximate surface area is 246 Å². The minimum Gasteiger partial charge on any atom is -0.394 e. The summed E-state index contributed by atoms with van der Waals surface area (Å²) in [6.07, 6.45) is 0.528. The van der Waals surface area contributed by atoms with Crippen LogP contribution in [0.5, 0.6) is 0 Å². The number of nitrogens with one attached hydrogen (secondary N) is 4. The van der Waals surface area contributed by atoms with Crippen LogP contribution in [0, 0.1) is 0 Å². The van der Waals surface area contributed by atoms with Crippen molar-refractivity contribution in [2.24, 2.45) is 5.10 Å². The summed E-state index contributed by atoms with van der Waals surface area (Å²) in [5.74, 6) is 1.48. The van der Waals surface area contributed by atoms with Gasteiger partial charge in [0.15, 0.2) is 5.82 Å². The van der Waals surface area contributed by atoms with Crippen LogP contribution in [0.2, 0.25) is 0 Å². The van der Waals surface area contributed by atoms with E-state index >= 15 is 0 Å². The quantitative estimate of drug-likeness (QED) is 0.0788. The van der Waals surface area contributed by atoms with E-state index in [1.807, 2.05) is 67.6 Å². The summed E-state index contributed by atoms with van der Waals surface area (Å²) in [5.41, 5.74) is 7.20. The molecule has 12 heteroatoms. The van der Waals surface area contributed by atoms with Crippen LogP contribution in [-0.4, -0.2) is 62.6 Å². The summed E-state index contributed by atoms with van der Waals surface area (Å²) in [6.45, 7) is 2.89. The zero-order valence-corrected chi connectivity index (χ0v) is 24.4. The third-order valence-corrected chi connectivity index (χ3v) is 7.65. The minimum atomic E-state index is -3.54. The number of aromatic nitrogens is 2. The van der Waals surface area contributed by atoms with Crippen molar-refractivity contribution in [2.75, 3.05) is 49.5 Å². The predicted molar refractivity (Wildman–Crippen MR) is 166 cm³/mol. The summed E-state index contributed by atoms with van der Waals surface area (Å²) >= 11 is 0. The van der Waals surface area contributed by atoms with E-state index in [1.165, 1.54) is 19.2 Å². The van der Waals surface area contributed by atoms with Crippen LogP contribution in [0.1, 0.15) is 23.6 Å². The highest BCUT2D eigenvalue weighted by Crippen LogP contribution is 2.28. The molecule has 5 N–H and O–H groups in total. The summed E-state index contributed by atoms with van der Waals surface area (Å²) in [4.78, 5) is 9.72. The van der Waals surface area contributed by atoms with E-state index in [0.717, 1.165) is 22.4 Å². The van der Waals surface area contributed by atoms with E-state index in [2.05, 4.69) is 25.9 Å². The molecule has 0 amide bonds. The maximum Gasteiger partial charge on any atom is 0.240 e. The van der Waals surface area contributed by atoms with Crippen molar-refractivity contribution >= 4 is 39.0 Å². The van der Waals surface area contributed by atoms with E-state index in [4.69, 9.17) is 19.8 Å². The van der Waals surface area contributed by atoms with Crippen molar-refractivity contribution < 1.29 is 18.3 Å². The van der Waals surface area contributed by atoms with Crippen molar-refractivity contribution in [3.8, 4) is 0 Å². The molecule has 1 aromatic heterocycles. The third kappa shape index (κ3) is 8.57. The summed E-state index contributed by atoms with van der Waals surface area (Å²) in [6, 6.07) is 26.1. The van der Waals surface area contributed by atoms with Crippen molar-refractivity contribution in [3.05, 3.63) is 102 Å². The lowest BCUT2D eigenvalue weighted by molar-refractivity contribution is 0.0992. The number of sulfonamides is 1. The van der Waals surface area contributed by atoms with Gasteiger partial charge in [0.1, 0.15) is 5.82 Å². The number of ether oxygens (including phenoxy) is 1. The molecule has 0 bridgehead atoms. The third-order valence-electron chi connectivity index (χ3n) is 6.22. The molecule has 4 rings (SSSR count). The highest BCUT2D eigenvalue weighted by Gasteiger charge is 2.16. The number of aliphatic hydroxyl groups is 1. The molecule has 0 saturated carbocycles. The van der Waals surface area contributed by atoms with Gasteiger partial charge in [0.25, 0.3) is 0 Å². The van der Waals surface area contributed by atoms with E-state index in [1.54, 1.807) is 12.1 Å². The normalized spacial score (nSPS) is 11.7. The zero-order valence-electron chi connectivity index (χ0n) is 23.5. The average Bonchev–Trinajstić information content (AvgIpc) is 3.02. The van der Waals surface area contributed by atoms with Gasteiger partial charge in [-0.1, -0.05) is 60.7 Å². The largest absolute Gasteiger partial charge is 0.394 e. The molecular formula is C30H35N7O4S. The predicted octanol–water partition coefficient (Wildman–Crippen LogP) is 3.98. The first-order chi connectivity index (χ1) is 20.4. The van der Waals surface area contributed by atoms with E-state index in [-0.39, 0.29) is 18.1 Å². The van der Waals surface area contributed by atoms with Gasteiger partial charge in [0.2, 0.25) is 16.0 Å². The lowest BCUT2D eigenvalue weighted by atomic mass is 10.1. The van der Waals surface area contributed by atoms with Crippen molar-refractivity contribution in [1.29, 1.82) is 0 Å². The first-order valence-corrected chi connectivity index (χ1v) is 14.9. The Hall–Kier alpha value is -4.36. The topological polar surface area (TPSA) is 150 Å². The van der Waals surface area contributed by atoms with Crippen LogP contribution in [0.3, 0.4) is 0 Å². The van der Waals surface area contributed by atoms with E-state index in [0.29, 0.717) is 42.9 Å². The van der Waals surface area contributed by atoms with Gasteiger partial charge >= 0.3 is 0 Å². The van der Waals surface area contributed by atoms with Gasteiger partial charge in [0.05, 0.1) is 30.4 Å². The van der Waals surface area contributed by atoms with E-state index < -0.39 is 10.0 Å². The Kier molecular flexibility index (Phi) is 11.0. The van der Waals surface area contributed by atoms with Crippen LogP contribution in [0.4, 0.5) is 23.3 Å². The zero-order chi connectivity index (χ0) is 29.8. The number of para-hydroxylation sites is 1. The molecule has 1 heterocycles. The number of hydrogen-bond donors (Lipinski definition) is 5. The number of hydrazone groups is 1. The number of nitrogens with zero attached hydrogens (tertiary/aromatic N) is 3. The smallest absolute Gasteiger partial charge is 0.240 e. The van der Waals surface area contributed by atoms with E-state index in [9.17, 15) is 8.42 Å². The first kappa shape index (κ1) is 30.6. The monoisotopic (exact) mass is 589 g/mol. The second-order valence-electron chi connectivity index (χ2n) is 9.18. The molecule has 0 saturated heterocycles. The highest BCUT2D eigenvalue weighted by atomic mass is 32.2. The molecule has 0 spiro atoms. The Morgan fingerprint density at radius 3 is 2.24 bits per heavy atom. The fourth-order valence-electron chi connectivity index (χ4n) is 4.00. The lowest BCUT2D eigenvalue weighted by Gasteiger charge is -2.17. The van der Waals surface area contributed by atoms with Crippen molar-refractivity contribution in [2.45, 2.75) is 18.2 Å². The van der Waals surface area contributed by atoms with Gasteiger partial charge in [-0.25, -0.2) is 13.1 Å². The standard InChI is InChI=1S/C30H35N7O4S/c1-22(24-13-15-26(16-14-24)42(39,40)31-2)36-37-29-27(21-23-9-5-3-6-10-23)28(32-17-19-41-20-18-38)34-30(35-29)33-25-11-7-4-8-12-25/h3-16,31,38H,17-21H2,1-2H3,(H3,32,33,34,35,37). The summed E-state index contributed by atoms with van der Waals surface area (Å²) in [5, 5.41) is 20.2. The van der Waals surface area contributed by atoms with Crippen molar-refractivity contribution in [1.82, 2.24) is 14.7 Å². The van der Waals surface area contributed by atoms with Crippen LogP contribution in [0.15, 0.2) is 94.9 Å². The Morgan fingerprint density at radius 1 is 0.905 bits per heavy atom. The first-order valence-electron chi connectivity index (χ1n) is 13.4. The molecule has 0 aliphatic rings. The van der Waals surface area contributed by atoms with Crippen LogP contribution in [0.25, 0.3) is 0 Å². The number of aliphatic hydroxyl groups excluding tert-OH is 1. The number of benzene rings is 3. The van der Waals surface area contributed by atoms with Crippen LogP contribution < -0.4 is 20.8 Å². The van der Waals surface area contributed by atoms with Crippen LogP contribution >= 0.6 is 0 Å². The highest BCUT2D eigenvalue weighted by molar-refractivity contribution is 7.89. The number of anilines is 4. The maximum absolute atomic E-state index is 12.1. The summed E-state index contributed by atoms with van der Waals surface area (Å²) < 4.78 is 32.0. The van der Waals surface area contributed by atoms with Gasteiger partial charge in [-0.3, -0.25) is 5.43 Å². The minimum absolute atomic E-state index is 0.0443. The molecule has 0 atom stereocenters. The molecule has 42 heavy (non-hydrogen) atoms. The molecule has 0 aliphatic heterocycles. The molecule has 3 aromatic carbocycles. The van der Waals surface area contributed by atoms with Gasteiger partial charge < -0.3 is 20.5 Å². The number of hydrogen-bond acceptors (Lipinski definition) is 10. The lowest BCUT2D eigenvalue weighted by Crippen LogP contribution is -2.18. The Bertz CT molecular complexity index is 1570. The molecule has 0 fully saturated rings.